The third-order valence-corrected chi connectivity index (χ3v) is 4.63. The van der Waals surface area contributed by atoms with Gasteiger partial charge >= 0.3 is 0 Å². The first kappa shape index (κ1) is 10.0. The fourth-order valence-electron chi connectivity index (χ4n) is 0.622. The molecule has 0 aliphatic heterocycles. The number of thiazole rings is 1. The van der Waals surface area contributed by atoms with Crippen LogP contribution in [0.3, 0.4) is 0 Å². The highest BCUT2D eigenvalue weighted by atomic mass is 32.2. The van der Waals surface area contributed by atoms with Gasteiger partial charge in [0, 0.05) is 5.38 Å². The zero-order valence-corrected chi connectivity index (χ0v) is 9.21. The molecule has 1 aromatic heterocycles. The van der Waals surface area contributed by atoms with Crippen molar-refractivity contribution < 1.29 is 8.42 Å². The molecule has 0 unspecified atom stereocenters. The van der Waals surface area contributed by atoms with Crippen LogP contribution in [0.2, 0.25) is 0 Å². The van der Waals surface area contributed by atoms with Crippen LogP contribution in [0.5, 0.6) is 0 Å². The maximum absolute atomic E-state index is 11.5. The standard InChI is InChI=1S/C6H9NO2S3/c1-4(2)12(8,9)5-3-11-6(10)7-5/h3-4H,1-2H3,(H,7,10). The zero-order valence-electron chi connectivity index (χ0n) is 6.68. The first-order valence-electron chi connectivity index (χ1n) is 3.33. The molecule has 1 rings (SSSR count). The van der Waals surface area contributed by atoms with Gasteiger partial charge in [0.05, 0.1) is 5.25 Å². The Morgan fingerprint density at radius 2 is 2.17 bits per heavy atom. The van der Waals surface area contributed by atoms with Crippen LogP contribution < -0.4 is 0 Å². The molecule has 0 fully saturated rings. The monoisotopic (exact) mass is 223 g/mol. The SMILES string of the molecule is CC(C)S(=O)(=O)c1csc(S)n1. The van der Waals surface area contributed by atoms with E-state index in [4.69, 9.17) is 0 Å². The van der Waals surface area contributed by atoms with Gasteiger partial charge in [0.2, 0.25) is 0 Å². The van der Waals surface area contributed by atoms with E-state index in [1.54, 1.807) is 13.8 Å². The van der Waals surface area contributed by atoms with Crippen LogP contribution in [0.4, 0.5) is 0 Å². The van der Waals surface area contributed by atoms with Crippen molar-refractivity contribution in [2.24, 2.45) is 0 Å². The molecule has 0 aliphatic carbocycles. The van der Waals surface area contributed by atoms with E-state index in [-0.39, 0.29) is 5.03 Å². The van der Waals surface area contributed by atoms with Gasteiger partial charge in [0.1, 0.15) is 4.34 Å². The molecule has 68 valence electrons. The first-order valence-corrected chi connectivity index (χ1v) is 6.20. The fourth-order valence-corrected chi connectivity index (χ4v) is 2.81. The molecule has 0 amide bonds. The lowest BCUT2D eigenvalue weighted by Crippen LogP contribution is -2.14. The third kappa shape index (κ3) is 1.81. The molecular weight excluding hydrogens is 214 g/mol. The van der Waals surface area contributed by atoms with Gasteiger partial charge in [0.15, 0.2) is 14.9 Å². The number of rotatable bonds is 2. The van der Waals surface area contributed by atoms with Gasteiger partial charge in [-0.25, -0.2) is 13.4 Å². The Morgan fingerprint density at radius 1 is 1.58 bits per heavy atom. The second-order valence-electron chi connectivity index (χ2n) is 2.56. The zero-order chi connectivity index (χ0) is 9.35. The highest BCUT2D eigenvalue weighted by Crippen LogP contribution is 2.20. The normalized spacial score (nSPS) is 12.3. The summed E-state index contributed by atoms with van der Waals surface area (Å²) < 4.78 is 23.4. The molecule has 3 nitrogen and oxygen atoms in total. The van der Waals surface area contributed by atoms with Crippen molar-refractivity contribution in [3.8, 4) is 0 Å². The summed E-state index contributed by atoms with van der Waals surface area (Å²) in [5, 5.41) is 1.22. The van der Waals surface area contributed by atoms with Gasteiger partial charge in [-0.1, -0.05) is 0 Å². The number of hydrogen-bond donors (Lipinski definition) is 1. The number of aromatic nitrogens is 1. The van der Waals surface area contributed by atoms with E-state index in [0.717, 1.165) is 0 Å². The van der Waals surface area contributed by atoms with E-state index in [1.807, 2.05) is 0 Å². The van der Waals surface area contributed by atoms with Crippen LogP contribution in [-0.4, -0.2) is 18.7 Å². The van der Waals surface area contributed by atoms with E-state index in [2.05, 4.69) is 17.6 Å². The molecule has 12 heavy (non-hydrogen) atoms. The predicted molar refractivity (Wildman–Crippen MR) is 51.7 cm³/mol. The molecule has 0 saturated heterocycles. The van der Waals surface area contributed by atoms with Gasteiger partial charge in [-0.15, -0.1) is 24.0 Å². The van der Waals surface area contributed by atoms with Crippen LogP contribution >= 0.6 is 24.0 Å². The smallest absolute Gasteiger partial charge is 0.198 e. The Kier molecular flexibility index (Phi) is 2.80. The molecule has 0 atom stereocenters. The van der Waals surface area contributed by atoms with Crippen LogP contribution in [0.1, 0.15) is 13.8 Å². The summed E-state index contributed by atoms with van der Waals surface area (Å²) in [6, 6.07) is 0. The van der Waals surface area contributed by atoms with Crippen molar-refractivity contribution in [2.75, 3.05) is 0 Å². The number of sulfone groups is 1. The Morgan fingerprint density at radius 3 is 2.50 bits per heavy atom. The van der Waals surface area contributed by atoms with E-state index in [9.17, 15) is 8.42 Å². The van der Waals surface area contributed by atoms with Crippen LogP contribution in [0.15, 0.2) is 14.7 Å². The van der Waals surface area contributed by atoms with E-state index >= 15 is 0 Å². The predicted octanol–water partition coefficient (Wildman–Crippen LogP) is 1.61. The summed E-state index contributed by atoms with van der Waals surface area (Å²) >= 11 is 5.17. The lowest BCUT2D eigenvalue weighted by molar-refractivity contribution is 0.583. The Hall–Kier alpha value is -0.0700. The maximum atomic E-state index is 11.5. The summed E-state index contributed by atoms with van der Waals surface area (Å²) in [7, 11) is -3.21. The molecule has 1 heterocycles. The Balaban J connectivity index is 3.15. The second-order valence-corrected chi connectivity index (χ2v) is 6.60. The number of thiol groups is 1. The van der Waals surface area contributed by atoms with E-state index in [1.165, 1.54) is 16.7 Å². The van der Waals surface area contributed by atoms with Crippen molar-refractivity contribution in [3.63, 3.8) is 0 Å². The summed E-state index contributed by atoms with van der Waals surface area (Å²) in [4.78, 5) is 3.80. The first-order chi connectivity index (χ1) is 5.44. The summed E-state index contributed by atoms with van der Waals surface area (Å²) in [5.41, 5.74) is 0. The van der Waals surface area contributed by atoms with Gasteiger partial charge in [-0.3, -0.25) is 0 Å². The van der Waals surface area contributed by atoms with Gasteiger partial charge in [0.25, 0.3) is 0 Å². The lowest BCUT2D eigenvalue weighted by atomic mass is 10.6. The van der Waals surface area contributed by atoms with Crippen molar-refractivity contribution >= 4 is 33.8 Å². The van der Waals surface area contributed by atoms with Crippen LogP contribution in [0, 0.1) is 0 Å². The molecule has 0 N–H and O–H groups in total. The summed E-state index contributed by atoms with van der Waals surface area (Å²) in [6.07, 6.45) is 0. The highest BCUT2D eigenvalue weighted by Gasteiger charge is 2.21. The van der Waals surface area contributed by atoms with E-state index < -0.39 is 15.1 Å². The lowest BCUT2D eigenvalue weighted by Gasteiger charge is -2.02. The topological polar surface area (TPSA) is 47.0 Å². The second kappa shape index (κ2) is 3.35. The van der Waals surface area contributed by atoms with Crippen molar-refractivity contribution in [1.29, 1.82) is 0 Å². The largest absolute Gasteiger partial charge is 0.222 e. The minimum atomic E-state index is -3.21. The molecule has 1 aromatic rings. The third-order valence-electron chi connectivity index (χ3n) is 1.38. The van der Waals surface area contributed by atoms with Gasteiger partial charge in [-0.2, -0.15) is 0 Å². The van der Waals surface area contributed by atoms with Crippen molar-refractivity contribution in [2.45, 2.75) is 28.5 Å². The molecule has 0 aromatic carbocycles. The maximum Gasteiger partial charge on any atom is 0.198 e. The number of nitrogens with zero attached hydrogens (tertiary/aromatic N) is 1. The molecule has 0 bridgehead atoms. The van der Waals surface area contributed by atoms with Crippen molar-refractivity contribution in [3.05, 3.63) is 5.38 Å². The quantitative estimate of drug-likeness (QED) is 0.775. The van der Waals surface area contributed by atoms with Crippen molar-refractivity contribution in [1.82, 2.24) is 4.98 Å². The van der Waals surface area contributed by atoms with E-state index in [0.29, 0.717) is 4.34 Å². The van der Waals surface area contributed by atoms with Crippen LogP contribution in [-0.2, 0) is 9.84 Å². The minimum Gasteiger partial charge on any atom is -0.222 e. The Bertz CT molecular complexity index is 366. The molecule has 0 saturated carbocycles. The average Bonchev–Trinajstić information content (AvgIpc) is 2.35. The summed E-state index contributed by atoms with van der Waals surface area (Å²) in [5.74, 6) is 0. The van der Waals surface area contributed by atoms with Gasteiger partial charge in [-0.05, 0) is 13.8 Å². The molecule has 6 heteroatoms. The van der Waals surface area contributed by atoms with Gasteiger partial charge < -0.3 is 0 Å². The van der Waals surface area contributed by atoms with Crippen LogP contribution in [0.25, 0.3) is 0 Å². The fraction of sp³-hybridized carbons (Fsp3) is 0.500. The minimum absolute atomic E-state index is 0.132. The number of hydrogen-bond acceptors (Lipinski definition) is 5. The highest BCUT2D eigenvalue weighted by molar-refractivity contribution is 7.92. The molecule has 0 spiro atoms. The Labute approximate surface area is 81.2 Å². The molecule has 0 radical (unpaired) electrons. The molecule has 0 aliphatic rings. The average molecular weight is 223 g/mol. The summed E-state index contributed by atoms with van der Waals surface area (Å²) in [6.45, 7) is 3.26. The molecular formula is C6H9NO2S3.